The highest BCUT2D eigenvalue weighted by Gasteiger charge is 2.45. The number of amides is 1. The molecule has 6 nitrogen and oxygen atoms in total. The maximum Gasteiger partial charge on any atom is 0.341 e. The quantitative estimate of drug-likeness (QED) is 0.831. The Morgan fingerprint density at radius 3 is 2.63 bits per heavy atom. The van der Waals surface area contributed by atoms with Crippen molar-refractivity contribution in [3.8, 4) is 5.75 Å². The normalized spacial score (nSPS) is 22.8. The molecule has 1 aromatic carbocycles. The number of hydrogen-bond acceptors (Lipinski definition) is 4. The molecule has 0 bridgehead atoms. The van der Waals surface area contributed by atoms with E-state index >= 15 is 0 Å². The molecule has 2 heterocycles. The Kier molecular flexibility index (Phi) is 5.08. The van der Waals surface area contributed by atoms with E-state index in [4.69, 9.17) is 9.84 Å². The zero-order chi connectivity index (χ0) is 18.9. The van der Waals surface area contributed by atoms with Gasteiger partial charge in [0.05, 0.1) is 0 Å². The van der Waals surface area contributed by atoms with Crippen LogP contribution >= 0.6 is 0 Å². The third kappa shape index (κ3) is 4.26. The zero-order valence-corrected chi connectivity index (χ0v) is 15.7. The molecule has 0 unspecified atom stereocenters. The number of carboxylic acid groups (broad SMARTS) is 1. The lowest BCUT2D eigenvalue weighted by molar-refractivity contribution is -0.140. The third-order valence-corrected chi connectivity index (χ3v) is 6.32. The van der Waals surface area contributed by atoms with Crippen molar-refractivity contribution in [3.05, 3.63) is 29.8 Å². The maximum atomic E-state index is 12.2. The second-order valence-corrected chi connectivity index (χ2v) is 8.32. The van der Waals surface area contributed by atoms with Crippen LogP contribution in [0.1, 0.15) is 44.1 Å². The van der Waals surface area contributed by atoms with Crippen molar-refractivity contribution in [3.63, 3.8) is 0 Å². The average molecular weight is 372 g/mol. The van der Waals surface area contributed by atoms with E-state index in [-0.39, 0.29) is 6.61 Å². The smallest absolute Gasteiger partial charge is 0.341 e. The summed E-state index contributed by atoms with van der Waals surface area (Å²) in [5, 5.41) is 8.85. The molecule has 2 aliphatic heterocycles. The molecule has 146 valence electrons. The van der Waals surface area contributed by atoms with Gasteiger partial charge in [-0.1, -0.05) is 18.2 Å². The molecular formula is C21H28N2O4. The summed E-state index contributed by atoms with van der Waals surface area (Å²) in [6, 6.07) is 8.21. The molecule has 4 rings (SSSR count). The van der Waals surface area contributed by atoms with E-state index in [1.54, 1.807) is 0 Å². The molecule has 0 radical (unpaired) electrons. The first-order valence-corrected chi connectivity index (χ1v) is 9.99. The molecule has 1 aromatic rings. The highest BCUT2D eigenvalue weighted by Crippen LogP contribution is 2.43. The minimum absolute atomic E-state index is 0.298. The summed E-state index contributed by atoms with van der Waals surface area (Å²) >= 11 is 0. The Bertz CT molecular complexity index is 708. The predicted molar refractivity (Wildman–Crippen MR) is 100 cm³/mol. The summed E-state index contributed by atoms with van der Waals surface area (Å²) in [7, 11) is 0. The van der Waals surface area contributed by atoms with Gasteiger partial charge >= 0.3 is 5.97 Å². The number of aliphatic carboxylic acids is 1. The molecular weight excluding hydrogens is 344 g/mol. The predicted octanol–water partition coefficient (Wildman–Crippen LogP) is 2.52. The van der Waals surface area contributed by atoms with Gasteiger partial charge in [0.25, 0.3) is 0 Å². The molecule has 1 amide bonds. The lowest BCUT2D eigenvalue weighted by atomic mass is 9.72. The van der Waals surface area contributed by atoms with Crippen LogP contribution in [0.4, 0.5) is 0 Å². The SMILES string of the molecule is O=C(O)COc1ccccc1CN1CCC2(CCC(=O)N(C3CC3)C2)CC1. The Hall–Kier alpha value is -2.08. The van der Waals surface area contributed by atoms with Gasteiger partial charge in [-0.2, -0.15) is 0 Å². The molecule has 27 heavy (non-hydrogen) atoms. The number of carbonyl (C=O) groups excluding carboxylic acids is 1. The number of likely N-dealkylation sites (tertiary alicyclic amines) is 2. The van der Waals surface area contributed by atoms with Crippen molar-refractivity contribution in [1.82, 2.24) is 9.80 Å². The van der Waals surface area contributed by atoms with Gasteiger partial charge in [0.15, 0.2) is 6.61 Å². The summed E-state index contributed by atoms with van der Waals surface area (Å²) in [5.41, 5.74) is 1.33. The lowest BCUT2D eigenvalue weighted by Crippen LogP contribution is -2.52. The van der Waals surface area contributed by atoms with Crippen LogP contribution in [0.2, 0.25) is 0 Å². The zero-order valence-electron chi connectivity index (χ0n) is 15.7. The van der Waals surface area contributed by atoms with E-state index in [0.29, 0.717) is 29.5 Å². The number of benzene rings is 1. The molecule has 1 saturated carbocycles. The summed E-state index contributed by atoms with van der Waals surface area (Å²) in [6.07, 6.45) is 6.36. The number of hydrogen-bond donors (Lipinski definition) is 1. The third-order valence-electron chi connectivity index (χ3n) is 6.32. The minimum atomic E-state index is -0.961. The van der Waals surface area contributed by atoms with Crippen LogP contribution in [-0.2, 0) is 16.1 Å². The maximum absolute atomic E-state index is 12.2. The first kappa shape index (κ1) is 18.3. The van der Waals surface area contributed by atoms with Crippen LogP contribution in [0, 0.1) is 5.41 Å². The molecule has 3 aliphatic rings. The first-order valence-electron chi connectivity index (χ1n) is 9.99. The number of rotatable bonds is 6. The summed E-state index contributed by atoms with van der Waals surface area (Å²) in [6.45, 7) is 3.44. The number of ether oxygens (including phenoxy) is 1. The van der Waals surface area contributed by atoms with Crippen LogP contribution in [-0.4, -0.2) is 59.1 Å². The molecule has 6 heteroatoms. The van der Waals surface area contributed by atoms with Gasteiger partial charge in [-0.3, -0.25) is 9.69 Å². The Morgan fingerprint density at radius 1 is 1.19 bits per heavy atom. The summed E-state index contributed by atoms with van der Waals surface area (Å²) < 4.78 is 5.44. The Labute approximate surface area is 160 Å². The van der Waals surface area contributed by atoms with Crippen molar-refractivity contribution >= 4 is 11.9 Å². The van der Waals surface area contributed by atoms with E-state index in [0.717, 1.165) is 51.0 Å². The molecule has 0 aromatic heterocycles. The van der Waals surface area contributed by atoms with Crippen LogP contribution < -0.4 is 4.74 Å². The Morgan fingerprint density at radius 2 is 1.93 bits per heavy atom. The van der Waals surface area contributed by atoms with Crippen molar-refractivity contribution in [2.45, 2.75) is 51.1 Å². The van der Waals surface area contributed by atoms with Crippen LogP contribution in [0.15, 0.2) is 24.3 Å². The number of carbonyl (C=O) groups is 2. The van der Waals surface area contributed by atoms with Crippen molar-refractivity contribution < 1.29 is 19.4 Å². The molecule has 1 N–H and O–H groups in total. The van der Waals surface area contributed by atoms with E-state index in [2.05, 4.69) is 9.80 Å². The standard InChI is InChI=1S/C21H28N2O4/c24-19-7-8-21(15-23(19)17-5-6-17)9-11-22(12-10-21)13-16-3-1-2-4-18(16)27-14-20(25)26/h1-4,17H,5-15H2,(H,25,26). The summed E-state index contributed by atoms with van der Waals surface area (Å²) in [4.78, 5) is 27.6. The molecule has 1 aliphatic carbocycles. The van der Waals surface area contributed by atoms with Crippen LogP contribution in [0.5, 0.6) is 5.75 Å². The second kappa shape index (κ2) is 7.50. The van der Waals surface area contributed by atoms with E-state index < -0.39 is 5.97 Å². The largest absolute Gasteiger partial charge is 0.482 e. The highest BCUT2D eigenvalue weighted by molar-refractivity contribution is 5.78. The van der Waals surface area contributed by atoms with E-state index in [9.17, 15) is 9.59 Å². The molecule has 3 fully saturated rings. The van der Waals surface area contributed by atoms with Gasteiger partial charge in [-0.05, 0) is 56.7 Å². The van der Waals surface area contributed by atoms with Crippen molar-refractivity contribution in [2.24, 2.45) is 5.41 Å². The van der Waals surface area contributed by atoms with Crippen LogP contribution in [0.25, 0.3) is 0 Å². The van der Waals surface area contributed by atoms with Crippen LogP contribution in [0.3, 0.4) is 0 Å². The monoisotopic (exact) mass is 372 g/mol. The van der Waals surface area contributed by atoms with Gasteiger partial charge in [-0.15, -0.1) is 0 Å². The van der Waals surface area contributed by atoms with Crippen molar-refractivity contribution in [2.75, 3.05) is 26.2 Å². The average Bonchev–Trinajstić information content (AvgIpc) is 3.50. The molecule has 1 spiro atoms. The Balaban J connectivity index is 1.35. The van der Waals surface area contributed by atoms with Gasteiger partial charge in [0, 0.05) is 31.1 Å². The van der Waals surface area contributed by atoms with E-state index in [1.165, 1.54) is 12.8 Å². The minimum Gasteiger partial charge on any atom is -0.482 e. The van der Waals surface area contributed by atoms with Gasteiger partial charge in [0.2, 0.25) is 5.91 Å². The fourth-order valence-electron chi connectivity index (χ4n) is 4.51. The highest BCUT2D eigenvalue weighted by atomic mass is 16.5. The fraction of sp³-hybridized carbons (Fsp3) is 0.619. The van der Waals surface area contributed by atoms with Crippen molar-refractivity contribution in [1.29, 1.82) is 0 Å². The second-order valence-electron chi connectivity index (χ2n) is 8.32. The summed E-state index contributed by atoms with van der Waals surface area (Å²) in [5.74, 6) is 0.0511. The number of nitrogens with zero attached hydrogens (tertiary/aromatic N) is 2. The van der Waals surface area contributed by atoms with Gasteiger partial charge in [-0.25, -0.2) is 4.79 Å². The number of para-hydroxylation sites is 1. The van der Waals surface area contributed by atoms with Gasteiger partial charge < -0.3 is 14.7 Å². The lowest BCUT2D eigenvalue weighted by Gasteiger charge is -2.47. The molecule has 0 atom stereocenters. The van der Waals surface area contributed by atoms with E-state index in [1.807, 2.05) is 24.3 Å². The number of carboxylic acids is 1. The topological polar surface area (TPSA) is 70.1 Å². The fourth-order valence-corrected chi connectivity index (χ4v) is 4.51. The molecule has 2 saturated heterocycles. The first-order chi connectivity index (χ1) is 13.0. The van der Waals surface area contributed by atoms with Gasteiger partial charge in [0.1, 0.15) is 5.75 Å². The number of piperidine rings is 2.